The summed E-state index contributed by atoms with van der Waals surface area (Å²) in [5.74, 6) is 0.820. The van der Waals surface area contributed by atoms with E-state index in [1.165, 1.54) is 4.57 Å². The highest BCUT2D eigenvalue weighted by atomic mass is 16.5. The molecular formula is C24H31N7O4. The number of piperazine rings is 1. The summed E-state index contributed by atoms with van der Waals surface area (Å²) in [5, 5.41) is 5.88. The second-order valence-corrected chi connectivity index (χ2v) is 9.24. The number of nitrogens with two attached hydrogens (primary N) is 1. The number of likely N-dealkylation sites (tertiary alicyclic amines) is 1. The molecule has 3 heterocycles. The van der Waals surface area contributed by atoms with E-state index in [1.807, 2.05) is 12.1 Å². The molecule has 2 aromatic rings. The second-order valence-electron chi connectivity index (χ2n) is 9.24. The Labute approximate surface area is 203 Å². The van der Waals surface area contributed by atoms with E-state index in [0.717, 1.165) is 31.7 Å². The van der Waals surface area contributed by atoms with Crippen LogP contribution in [0.5, 0.6) is 0 Å². The van der Waals surface area contributed by atoms with Crippen LogP contribution in [0.2, 0.25) is 0 Å². The number of esters is 1. The molecule has 11 heteroatoms. The van der Waals surface area contributed by atoms with Gasteiger partial charge in [-0.1, -0.05) is 12.1 Å². The van der Waals surface area contributed by atoms with Crippen molar-refractivity contribution in [3.8, 4) is 5.69 Å². The number of amides is 2. The van der Waals surface area contributed by atoms with Crippen LogP contribution >= 0.6 is 0 Å². The van der Waals surface area contributed by atoms with Crippen molar-refractivity contribution < 1.29 is 14.3 Å². The third-order valence-corrected chi connectivity index (χ3v) is 7.09. The first-order chi connectivity index (χ1) is 17.0. The first kappa shape index (κ1) is 23.5. The van der Waals surface area contributed by atoms with E-state index in [9.17, 15) is 14.4 Å². The molecule has 186 valence electrons. The van der Waals surface area contributed by atoms with E-state index in [4.69, 9.17) is 10.5 Å². The number of rotatable bonds is 6. The largest absolute Gasteiger partial charge is 0.465 e. The first-order valence-corrected chi connectivity index (χ1v) is 12.1. The number of carbonyl (C=O) groups is 2. The maximum absolute atomic E-state index is 12.8. The van der Waals surface area contributed by atoms with Crippen molar-refractivity contribution in [1.29, 1.82) is 0 Å². The third-order valence-electron chi connectivity index (χ3n) is 7.09. The number of nitrogens with one attached hydrogen (secondary N) is 2. The fourth-order valence-electron chi connectivity index (χ4n) is 5.08. The van der Waals surface area contributed by atoms with Crippen molar-refractivity contribution in [2.75, 3.05) is 51.2 Å². The molecule has 1 saturated carbocycles. The number of anilines is 1. The minimum Gasteiger partial charge on any atom is -0.465 e. The van der Waals surface area contributed by atoms with Gasteiger partial charge in [0.1, 0.15) is 11.9 Å². The van der Waals surface area contributed by atoms with Gasteiger partial charge in [0.05, 0.1) is 12.3 Å². The lowest BCUT2D eigenvalue weighted by Crippen LogP contribution is -2.48. The van der Waals surface area contributed by atoms with E-state index in [1.54, 1.807) is 36.2 Å². The van der Waals surface area contributed by atoms with Crippen LogP contribution in [0.15, 0.2) is 41.3 Å². The summed E-state index contributed by atoms with van der Waals surface area (Å²) in [6, 6.07) is 8.31. The van der Waals surface area contributed by atoms with Gasteiger partial charge in [0, 0.05) is 51.5 Å². The molecule has 2 saturated heterocycles. The van der Waals surface area contributed by atoms with Crippen molar-refractivity contribution >= 4 is 17.8 Å². The summed E-state index contributed by atoms with van der Waals surface area (Å²) >= 11 is 0. The van der Waals surface area contributed by atoms with E-state index in [2.05, 4.69) is 20.5 Å². The topological polar surface area (TPSA) is 135 Å². The zero-order valence-electron chi connectivity index (χ0n) is 19.7. The Balaban J connectivity index is 1.30. The number of carbonyl (C=O) groups excluding carboxylic acids is 2. The summed E-state index contributed by atoms with van der Waals surface area (Å²) < 4.78 is 6.75. The standard InChI is InChI=1S/C24H31N7O4/c1-2-35-22(32)21(30-13-17-18(14-30)20(17)25)15-3-5-16(6-4-15)31-10-7-19(28-24(31)34)27-23(33)29-11-8-26-9-12-29/h3-7,10,17-18,20-21,26H,2,8-9,11-14,25H2,1H3,(H,27,28,33,34)/t17-,18+,20?,21?. The summed E-state index contributed by atoms with van der Waals surface area (Å²) in [5.41, 5.74) is 6.98. The maximum atomic E-state index is 12.8. The van der Waals surface area contributed by atoms with Crippen LogP contribution in [-0.2, 0) is 9.53 Å². The number of piperidine rings is 1. The van der Waals surface area contributed by atoms with Crippen molar-refractivity contribution in [3.63, 3.8) is 0 Å². The Morgan fingerprint density at radius 1 is 1.17 bits per heavy atom. The molecule has 4 atom stereocenters. The zero-order valence-corrected chi connectivity index (χ0v) is 19.7. The van der Waals surface area contributed by atoms with Crippen molar-refractivity contribution in [3.05, 3.63) is 52.6 Å². The lowest BCUT2D eigenvalue weighted by atomic mass is 10.0. The van der Waals surface area contributed by atoms with Gasteiger partial charge in [-0.05, 0) is 42.5 Å². The SMILES string of the molecule is CCOC(=O)C(c1ccc(-n2ccc(NC(=O)N3CCNCC3)nc2=O)cc1)N1C[C@@H]2C(N)[C@@H]2C1. The smallest absolute Gasteiger partial charge is 0.354 e. The molecule has 11 nitrogen and oxygen atoms in total. The minimum absolute atomic E-state index is 0.208. The summed E-state index contributed by atoms with van der Waals surface area (Å²) in [6.07, 6.45) is 1.58. The molecule has 3 aliphatic rings. The number of urea groups is 1. The van der Waals surface area contributed by atoms with Crippen LogP contribution in [0.3, 0.4) is 0 Å². The van der Waals surface area contributed by atoms with Crippen LogP contribution < -0.4 is 22.1 Å². The van der Waals surface area contributed by atoms with Crippen LogP contribution in [0.1, 0.15) is 18.5 Å². The predicted molar refractivity (Wildman–Crippen MR) is 129 cm³/mol. The van der Waals surface area contributed by atoms with Crippen LogP contribution in [0, 0.1) is 11.8 Å². The Kier molecular flexibility index (Phi) is 6.54. The molecule has 3 fully saturated rings. The van der Waals surface area contributed by atoms with E-state index in [0.29, 0.717) is 37.2 Å². The van der Waals surface area contributed by atoms with Gasteiger partial charge < -0.3 is 20.7 Å². The van der Waals surface area contributed by atoms with Crippen molar-refractivity contribution in [2.24, 2.45) is 17.6 Å². The van der Waals surface area contributed by atoms with Gasteiger partial charge >= 0.3 is 17.7 Å². The molecule has 0 radical (unpaired) electrons. The molecular weight excluding hydrogens is 450 g/mol. The van der Waals surface area contributed by atoms with Gasteiger partial charge in [-0.3, -0.25) is 14.8 Å². The summed E-state index contributed by atoms with van der Waals surface area (Å²) in [6.45, 7) is 6.35. The molecule has 35 heavy (non-hydrogen) atoms. The average molecular weight is 482 g/mol. The Hall–Kier alpha value is -3.28. The quantitative estimate of drug-likeness (QED) is 0.497. The van der Waals surface area contributed by atoms with E-state index < -0.39 is 11.7 Å². The molecule has 1 aromatic carbocycles. The molecule has 0 spiro atoms. The Morgan fingerprint density at radius 2 is 1.86 bits per heavy atom. The highest BCUT2D eigenvalue weighted by Crippen LogP contribution is 2.46. The Bertz CT molecular complexity index is 1130. The number of nitrogens with zero attached hydrogens (tertiary/aromatic N) is 4. The minimum atomic E-state index is -0.508. The Morgan fingerprint density at radius 3 is 2.49 bits per heavy atom. The molecule has 1 aliphatic carbocycles. The van der Waals surface area contributed by atoms with Crippen molar-refractivity contribution in [1.82, 2.24) is 24.7 Å². The van der Waals surface area contributed by atoms with Gasteiger partial charge in [-0.15, -0.1) is 0 Å². The number of fused-ring (bicyclic) bond motifs is 1. The lowest BCUT2D eigenvalue weighted by Gasteiger charge is -2.28. The molecule has 4 N–H and O–H groups in total. The summed E-state index contributed by atoms with van der Waals surface area (Å²) in [7, 11) is 0. The van der Waals surface area contributed by atoms with Gasteiger partial charge in [0.15, 0.2) is 0 Å². The van der Waals surface area contributed by atoms with Crippen LogP contribution in [0.25, 0.3) is 5.69 Å². The van der Waals surface area contributed by atoms with Gasteiger partial charge in [0.2, 0.25) is 0 Å². The molecule has 1 aromatic heterocycles. The average Bonchev–Trinajstić information content (AvgIpc) is 3.25. The number of benzene rings is 1. The van der Waals surface area contributed by atoms with Gasteiger partial charge in [-0.25, -0.2) is 14.4 Å². The van der Waals surface area contributed by atoms with E-state index >= 15 is 0 Å². The molecule has 0 bridgehead atoms. The first-order valence-electron chi connectivity index (χ1n) is 12.1. The predicted octanol–water partition coefficient (Wildman–Crippen LogP) is 0.163. The molecule has 5 rings (SSSR count). The number of hydrogen-bond acceptors (Lipinski definition) is 8. The molecule has 2 amide bonds. The van der Waals surface area contributed by atoms with Crippen molar-refractivity contribution in [2.45, 2.75) is 19.0 Å². The maximum Gasteiger partial charge on any atom is 0.354 e. The number of aromatic nitrogens is 2. The highest BCUT2D eigenvalue weighted by molar-refractivity contribution is 5.88. The third kappa shape index (κ3) is 4.79. The monoisotopic (exact) mass is 481 g/mol. The van der Waals surface area contributed by atoms with Crippen LogP contribution in [-0.4, -0.2) is 83.3 Å². The van der Waals surface area contributed by atoms with Crippen LogP contribution in [0.4, 0.5) is 10.6 Å². The summed E-state index contributed by atoms with van der Waals surface area (Å²) in [4.78, 5) is 45.7. The number of hydrogen-bond donors (Lipinski definition) is 3. The molecule has 2 aliphatic heterocycles. The normalized spacial score (nSPS) is 24.5. The van der Waals surface area contributed by atoms with Gasteiger partial charge in [-0.2, -0.15) is 4.98 Å². The lowest BCUT2D eigenvalue weighted by molar-refractivity contribution is -0.149. The fraction of sp³-hybridized carbons (Fsp3) is 0.500. The van der Waals surface area contributed by atoms with Gasteiger partial charge in [0.25, 0.3) is 0 Å². The van der Waals surface area contributed by atoms with E-state index in [-0.39, 0.29) is 23.9 Å². The zero-order chi connectivity index (χ0) is 24.5. The number of ether oxygens (including phenoxy) is 1. The second kappa shape index (κ2) is 9.76. The highest BCUT2D eigenvalue weighted by Gasteiger charge is 2.55. The fourth-order valence-corrected chi connectivity index (χ4v) is 5.08. The molecule has 2 unspecified atom stereocenters.